The van der Waals surface area contributed by atoms with Crippen molar-refractivity contribution in [2.75, 3.05) is 7.11 Å². The minimum Gasteiger partial charge on any atom is -0.497 e. The fraction of sp³-hybridized carbons (Fsp3) is 0.448. The van der Waals surface area contributed by atoms with Gasteiger partial charge in [0.15, 0.2) is 0 Å². The number of amides is 1. The summed E-state index contributed by atoms with van der Waals surface area (Å²) >= 11 is 0. The second kappa shape index (κ2) is 13.0. The molecule has 0 spiro atoms. The number of aromatic nitrogens is 1. The summed E-state index contributed by atoms with van der Waals surface area (Å²) in [6.45, 7) is 4.31. The van der Waals surface area contributed by atoms with Gasteiger partial charge >= 0.3 is 0 Å². The molecule has 0 fully saturated rings. The van der Waals surface area contributed by atoms with Crippen molar-refractivity contribution >= 4 is 11.5 Å². The zero-order valence-electron chi connectivity index (χ0n) is 20.4. The summed E-state index contributed by atoms with van der Waals surface area (Å²) in [5.41, 5.74) is 6.60. The molecular formula is C29H38N2O2. The average Bonchev–Trinajstić information content (AvgIpc) is 2.83. The quantitative estimate of drug-likeness (QED) is 0.301. The number of aryl methyl sites for hydroxylation is 2. The van der Waals surface area contributed by atoms with Crippen molar-refractivity contribution in [1.29, 1.82) is 0 Å². The van der Waals surface area contributed by atoms with Crippen molar-refractivity contribution in [3.8, 4) is 5.75 Å². The maximum absolute atomic E-state index is 12.6. The van der Waals surface area contributed by atoms with E-state index in [0.717, 1.165) is 44.3 Å². The van der Waals surface area contributed by atoms with Crippen molar-refractivity contribution in [1.82, 2.24) is 10.3 Å². The molecule has 0 radical (unpaired) electrons. The molecule has 176 valence electrons. The smallest absolute Gasteiger partial charge is 0.244 e. The first-order valence-corrected chi connectivity index (χ1v) is 12.4. The fourth-order valence-corrected chi connectivity index (χ4v) is 4.52. The van der Waals surface area contributed by atoms with Crippen LogP contribution in [-0.2, 0) is 17.6 Å². The molecule has 1 N–H and O–H groups in total. The van der Waals surface area contributed by atoms with E-state index in [1.807, 2.05) is 24.4 Å². The summed E-state index contributed by atoms with van der Waals surface area (Å²) in [7, 11) is 1.72. The molecule has 4 heteroatoms. The molecule has 1 aromatic carbocycles. The van der Waals surface area contributed by atoms with Crippen LogP contribution in [0.3, 0.4) is 0 Å². The number of unbranched alkanes of at least 4 members (excludes halogenated alkanes) is 2. The van der Waals surface area contributed by atoms with E-state index in [0.29, 0.717) is 0 Å². The molecule has 0 bridgehead atoms. The minimum absolute atomic E-state index is 0.00943. The Bertz CT molecular complexity index is 963. The van der Waals surface area contributed by atoms with Crippen LogP contribution in [0.2, 0.25) is 0 Å². The van der Waals surface area contributed by atoms with E-state index < -0.39 is 0 Å². The van der Waals surface area contributed by atoms with Crippen LogP contribution in [0, 0.1) is 0 Å². The normalized spacial score (nSPS) is 14.3. The fourth-order valence-electron chi connectivity index (χ4n) is 4.52. The number of ether oxygens (including phenoxy) is 1. The summed E-state index contributed by atoms with van der Waals surface area (Å²) < 4.78 is 5.42. The van der Waals surface area contributed by atoms with Crippen LogP contribution in [0.1, 0.15) is 75.5 Å². The molecule has 2 aromatic rings. The van der Waals surface area contributed by atoms with Gasteiger partial charge in [-0.1, -0.05) is 38.0 Å². The number of rotatable bonds is 12. The van der Waals surface area contributed by atoms with Crippen molar-refractivity contribution in [2.45, 2.75) is 77.7 Å². The molecule has 0 saturated carbocycles. The largest absolute Gasteiger partial charge is 0.497 e. The molecule has 0 saturated heterocycles. The lowest BCUT2D eigenvalue weighted by Crippen LogP contribution is -2.31. The lowest BCUT2D eigenvalue weighted by atomic mass is 9.83. The van der Waals surface area contributed by atoms with Crippen molar-refractivity contribution in [3.05, 3.63) is 77.1 Å². The lowest BCUT2D eigenvalue weighted by molar-refractivity contribution is -0.117. The number of fused-ring (bicyclic) bond motifs is 1. The predicted molar refractivity (Wildman–Crippen MR) is 136 cm³/mol. The van der Waals surface area contributed by atoms with Crippen LogP contribution in [-0.4, -0.2) is 24.0 Å². The second-order valence-electron chi connectivity index (χ2n) is 8.98. The highest BCUT2D eigenvalue weighted by atomic mass is 16.5. The molecule has 33 heavy (non-hydrogen) atoms. The lowest BCUT2D eigenvalue weighted by Gasteiger charge is -2.23. The first-order valence-electron chi connectivity index (χ1n) is 12.4. The predicted octanol–water partition coefficient (Wildman–Crippen LogP) is 6.45. The molecule has 1 unspecified atom stereocenters. The van der Waals surface area contributed by atoms with Gasteiger partial charge in [0.2, 0.25) is 5.91 Å². The van der Waals surface area contributed by atoms with Gasteiger partial charge in [0.25, 0.3) is 0 Å². The molecule has 1 amide bonds. The Balaban J connectivity index is 1.61. The monoisotopic (exact) mass is 446 g/mol. The summed E-state index contributed by atoms with van der Waals surface area (Å²) in [5, 5.41) is 3.13. The van der Waals surface area contributed by atoms with Crippen LogP contribution in [0.4, 0.5) is 0 Å². The Kier molecular flexibility index (Phi) is 9.74. The highest BCUT2D eigenvalue weighted by molar-refractivity contribution is 5.89. The third-order valence-electron chi connectivity index (χ3n) is 6.37. The first-order chi connectivity index (χ1) is 16.1. The van der Waals surface area contributed by atoms with Gasteiger partial charge in [-0.15, -0.1) is 0 Å². The maximum Gasteiger partial charge on any atom is 0.244 e. The van der Waals surface area contributed by atoms with Crippen LogP contribution >= 0.6 is 0 Å². The number of methoxy groups -OCH3 is 1. The van der Waals surface area contributed by atoms with Gasteiger partial charge in [-0.05, 0) is 97.9 Å². The summed E-state index contributed by atoms with van der Waals surface area (Å²) in [6.07, 6.45) is 17.1. The Morgan fingerprint density at radius 2 is 2.06 bits per heavy atom. The van der Waals surface area contributed by atoms with E-state index in [-0.39, 0.29) is 11.9 Å². The minimum atomic E-state index is -0.00943. The Morgan fingerprint density at radius 3 is 2.82 bits per heavy atom. The second-order valence-corrected chi connectivity index (χ2v) is 8.98. The highest BCUT2D eigenvalue weighted by Crippen LogP contribution is 2.37. The summed E-state index contributed by atoms with van der Waals surface area (Å²) in [6, 6.07) is 10.6. The van der Waals surface area contributed by atoms with E-state index in [4.69, 9.17) is 4.74 Å². The van der Waals surface area contributed by atoms with Gasteiger partial charge in [-0.25, -0.2) is 0 Å². The van der Waals surface area contributed by atoms with E-state index in [1.54, 1.807) is 19.4 Å². The number of carbonyl (C=O) groups is 1. The molecule has 1 atom stereocenters. The maximum atomic E-state index is 12.6. The topological polar surface area (TPSA) is 51.2 Å². The zero-order chi connectivity index (χ0) is 23.5. The van der Waals surface area contributed by atoms with Gasteiger partial charge in [0.05, 0.1) is 7.11 Å². The average molecular weight is 447 g/mol. The van der Waals surface area contributed by atoms with Crippen LogP contribution in [0.25, 0.3) is 5.57 Å². The first kappa shape index (κ1) is 24.8. The van der Waals surface area contributed by atoms with Gasteiger partial charge in [-0.2, -0.15) is 0 Å². The Morgan fingerprint density at radius 1 is 1.18 bits per heavy atom. The molecule has 0 aliphatic heterocycles. The Hall–Kier alpha value is -2.88. The van der Waals surface area contributed by atoms with Crippen LogP contribution in [0.5, 0.6) is 5.75 Å². The van der Waals surface area contributed by atoms with E-state index in [2.05, 4.69) is 42.3 Å². The molecule has 3 rings (SSSR count). The number of allylic oxidation sites excluding steroid dienone is 3. The molecule has 1 aliphatic carbocycles. The zero-order valence-corrected chi connectivity index (χ0v) is 20.4. The van der Waals surface area contributed by atoms with Gasteiger partial charge in [0, 0.05) is 24.5 Å². The van der Waals surface area contributed by atoms with Gasteiger partial charge < -0.3 is 10.1 Å². The van der Waals surface area contributed by atoms with Crippen molar-refractivity contribution in [3.63, 3.8) is 0 Å². The van der Waals surface area contributed by atoms with Crippen LogP contribution < -0.4 is 10.1 Å². The number of nitrogens with one attached hydrogen (secondary N) is 1. The molecule has 1 heterocycles. The van der Waals surface area contributed by atoms with Crippen molar-refractivity contribution < 1.29 is 9.53 Å². The number of nitrogens with zero attached hydrogens (tertiary/aromatic N) is 1. The van der Waals surface area contributed by atoms with Gasteiger partial charge in [0.1, 0.15) is 5.75 Å². The van der Waals surface area contributed by atoms with E-state index >= 15 is 0 Å². The SMILES string of the molecule is CCCCCC1=C(/C=C/C(=O)NC(C)CCCc2cccnc2)CCc2cc(OC)ccc21. The number of carbonyl (C=O) groups excluding carboxylic acids is 1. The third-order valence-corrected chi connectivity index (χ3v) is 6.37. The summed E-state index contributed by atoms with van der Waals surface area (Å²) in [5.74, 6) is 0.905. The molecule has 1 aliphatic rings. The number of hydrogen-bond donors (Lipinski definition) is 1. The Labute approximate surface area is 199 Å². The van der Waals surface area contributed by atoms with E-state index in [1.165, 1.54) is 47.1 Å². The number of pyridine rings is 1. The standard InChI is InChI=1S/C29H38N2O2/c1-4-5-6-12-27-24(13-14-25-20-26(33-3)16-17-28(25)27)15-18-29(32)31-22(2)9-7-10-23-11-8-19-30-21-23/h8,11,15-22H,4-7,9-10,12-14H2,1-3H3,(H,31,32)/b18-15+. The number of benzene rings is 1. The third kappa shape index (κ3) is 7.59. The molecule has 1 aromatic heterocycles. The van der Waals surface area contributed by atoms with Crippen LogP contribution in [0.15, 0.2) is 60.5 Å². The summed E-state index contributed by atoms with van der Waals surface area (Å²) in [4.78, 5) is 16.7. The molecular weight excluding hydrogens is 408 g/mol. The highest BCUT2D eigenvalue weighted by Gasteiger charge is 2.18. The number of hydrogen-bond acceptors (Lipinski definition) is 3. The van der Waals surface area contributed by atoms with Crippen molar-refractivity contribution in [2.24, 2.45) is 0 Å². The van der Waals surface area contributed by atoms with Gasteiger partial charge in [-0.3, -0.25) is 9.78 Å². The van der Waals surface area contributed by atoms with E-state index in [9.17, 15) is 4.79 Å². The molecule has 4 nitrogen and oxygen atoms in total.